The summed E-state index contributed by atoms with van der Waals surface area (Å²) in [5.74, 6) is -0.280. The second-order valence-electron chi connectivity index (χ2n) is 6.35. The molecule has 1 aromatic rings. The van der Waals surface area contributed by atoms with Crippen molar-refractivity contribution < 1.29 is 9.50 Å². The van der Waals surface area contributed by atoms with Crippen LogP contribution < -0.4 is 5.32 Å². The number of nitrogens with one attached hydrogen (secondary N) is 1. The summed E-state index contributed by atoms with van der Waals surface area (Å²) in [6.45, 7) is 8.85. The molecule has 0 bridgehead atoms. The molecule has 2 N–H and O–H groups in total. The maximum Gasteiger partial charge on any atom is 0.137 e. The molecule has 0 fully saturated rings. The van der Waals surface area contributed by atoms with E-state index in [4.69, 9.17) is 0 Å². The molecule has 2 nitrogen and oxygen atoms in total. The van der Waals surface area contributed by atoms with Gasteiger partial charge in [-0.05, 0) is 74.3 Å². The van der Waals surface area contributed by atoms with E-state index < -0.39 is 5.60 Å². The molecule has 0 saturated heterocycles. The minimum atomic E-state index is -0.796. The third-order valence-corrected chi connectivity index (χ3v) is 3.50. The van der Waals surface area contributed by atoms with Crippen molar-refractivity contribution >= 4 is 15.9 Å². The average Bonchev–Trinajstić information content (AvgIpc) is 2.20. The quantitative estimate of drug-likeness (QED) is 0.862. The van der Waals surface area contributed by atoms with Gasteiger partial charge in [0.15, 0.2) is 0 Å². The molecule has 0 aromatic heterocycles. The minimum Gasteiger partial charge on any atom is -0.390 e. The average molecular weight is 332 g/mol. The Labute approximate surface area is 123 Å². The van der Waals surface area contributed by atoms with Crippen LogP contribution in [0, 0.1) is 5.82 Å². The second kappa shape index (κ2) is 6.33. The molecule has 0 amide bonds. The molecule has 0 aliphatic heterocycles. The molecule has 0 aliphatic carbocycles. The van der Waals surface area contributed by atoms with Crippen LogP contribution in [0.1, 0.15) is 39.7 Å². The maximum atomic E-state index is 13.1. The first-order chi connectivity index (χ1) is 8.59. The number of hydrogen-bond donors (Lipinski definition) is 2. The molecule has 0 aliphatic rings. The molecule has 1 unspecified atom stereocenters. The predicted molar refractivity (Wildman–Crippen MR) is 80.8 cm³/mol. The van der Waals surface area contributed by atoms with E-state index >= 15 is 0 Å². The first-order valence-electron chi connectivity index (χ1n) is 6.50. The van der Waals surface area contributed by atoms with E-state index in [0.29, 0.717) is 17.3 Å². The van der Waals surface area contributed by atoms with E-state index in [1.54, 1.807) is 12.1 Å². The van der Waals surface area contributed by atoms with Gasteiger partial charge in [0, 0.05) is 12.0 Å². The van der Waals surface area contributed by atoms with Gasteiger partial charge >= 0.3 is 0 Å². The fourth-order valence-corrected chi connectivity index (χ4v) is 2.31. The van der Waals surface area contributed by atoms with Crippen LogP contribution in [0.15, 0.2) is 22.7 Å². The van der Waals surface area contributed by atoms with Crippen LogP contribution >= 0.6 is 15.9 Å². The van der Waals surface area contributed by atoms with Gasteiger partial charge < -0.3 is 10.4 Å². The monoisotopic (exact) mass is 331 g/mol. The number of hydrogen-bond acceptors (Lipinski definition) is 2. The van der Waals surface area contributed by atoms with Gasteiger partial charge in [-0.25, -0.2) is 4.39 Å². The molecule has 0 heterocycles. The van der Waals surface area contributed by atoms with Crippen LogP contribution in [-0.2, 0) is 6.42 Å². The van der Waals surface area contributed by atoms with E-state index in [0.717, 1.165) is 12.1 Å². The standard InChI is InChI=1S/C15H23BrFNO/c1-14(2,3)18-8-7-15(4,19)10-11-5-6-13(17)12(16)9-11/h5-6,9,18-19H,7-8,10H2,1-4H3. The van der Waals surface area contributed by atoms with E-state index in [2.05, 4.69) is 42.0 Å². The molecule has 1 atom stereocenters. The van der Waals surface area contributed by atoms with E-state index in [1.807, 2.05) is 6.92 Å². The minimum absolute atomic E-state index is 0.0506. The van der Waals surface area contributed by atoms with Gasteiger partial charge in [0.25, 0.3) is 0 Å². The van der Waals surface area contributed by atoms with Crippen molar-refractivity contribution in [1.82, 2.24) is 5.32 Å². The summed E-state index contributed by atoms with van der Waals surface area (Å²) in [4.78, 5) is 0. The highest BCUT2D eigenvalue weighted by molar-refractivity contribution is 9.10. The summed E-state index contributed by atoms with van der Waals surface area (Å²) in [5, 5.41) is 13.7. The van der Waals surface area contributed by atoms with Gasteiger partial charge in [-0.15, -0.1) is 0 Å². The van der Waals surface area contributed by atoms with Crippen molar-refractivity contribution in [3.05, 3.63) is 34.1 Å². The predicted octanol–water partition coefficient (Wildman–Crippen LogP) is 3.66. The van der Waals surface area contributed by atoms with Gasteiger partial charge in [0.05, 0.1) is 10.1 Å². The highest BCUT2D eigenvalue weighted by Crippen LogP contribution is 2.22. The molecule has 0 radical (unpaired) electrons. The van der Waals surface area contributed by atoms with Crippen molar-refractivity contribution in [1.29, 1.82) is 0 Å². The third kappa shape index (κ3) is 6.50. The fourth-order valence-electron chi connectivity index (χ4n) is 1.88. The fraction of sp³-hybridized carbons (Fsp3) is 0.600. The number of benzene rings is 1. The first-order valence-corrected chi connectivity index (χ1v) is 7.30. The van der Waals surface area contributed by atoms with Crippen molar-refractivity contribution in [2.45, 2.75) is 51.7 Å². The Kier molecular flexibility index (Phi) is 5.53. The zero-order valence-electron chi connectivity index (χ0n) is 12.1. The van der Waals surface area contributed by atoms with Crippen LogP contribution in [0.2, 0.25) is 0 Å². The van der Waals surface area contributed by atoms with Crippen molar-refractivity contribution in [2.24, 2.45) is 0 Å². The Bertz CT molecular complexity index is 427. The Balaban J connectivity index is 2.56. The highest BCUT2D eigenvalue weighted by Gasteiger charge is 2.22. The molecule has 4 heteroatoms. The van der Waals surface area contributed by atoms with Gasteiger partial charge in [0.1, 0.15) is 5.82 Å². The molecular formula is C15H23BrFNO. The topological polar surface area (TPSA) is 32.3 Å². The van der Waals surface area contributed by atoms with Crippen LogP contribution in [0.5, 0.6) is 0 Å². The molecular weight excluding hydrogens is 309 g/mol. The van der Waals surface area contributed by atoms with Crippen molar-refractivity contribution in [3.8, 4) is 0 Å². The van der Waals surface area contributed by atoms with Crippen LogP contribution in [0.3, 0.4) is 0 Å². The van der Waals surface area contributed by atoms with Gasteiger partial charge in [-0.2, -0.15) is 0 Å². The maximum absolute atomic E-state index is 13.1. The number of aliphatic hydroxyl groups is 1. The number of rotatable bonds is 5. The summed E-state index contributed by atoms with van der Waals surface area (Å²) in [6, 6.07) is 4.86. The number of halogens is 2. The normalized spacial score (nSPS) is 15.3. The molecule has 1 aromatic carbocycles. The van der Waals surface area contributed by atoms with Gasteiger partial charge in [-0.1, -0.05) is 6.07 Å². The smallest absolute Gasteiger partial charge is 0.137 e. The Hall–Kier alpha value is -0.450. The summed E-state index contributed by atoms with van der Waals surface area (Å²) < 4.78 is 13.6. The SMILES string of the molecule is CC(O)(CCNC(C)(C)C)Cc1ccc(F)c(Br)c1. The van der Waals surface area contributed by atoms with Crippen molar-refractivity contribution in [2.75, 3.05) is 6.54 Å². The lowest BCUT2D eigenvalue weighted by molar-refractivity contribution is 0.0499. The lowest BCUT2D eigenvalue weighted by Crippen LogP contribution is -2.40. The van der Waals surface area contributed by atoms with Gasteiger partial charge in [-0.3, -0.25) is 0 Å². The summed E-state index contributed by atoms with van der Waals surface area (Å²) in [5.41, 5.74) is 0.179. The lowest BCUT2D eigenvalue weighted by Gasteiger charge is -2.27. The highest BCUT2D eigenvalue weighted by atomic mass is 79.9. The zero-order chi connectivity index (χ0) is 14.7. The first kappa shape index (κ1) is 16.6. The summed E-state index contributed by atoms with van der Waals surface area (Å²) in [6.07, 6.45) is 1.16. The third-order valence-electron chi connectivity index (χ3n) is 2.89. The Morgan fingerprint density at radius 2 is 1.89 bits per heavy atom. The largest absolute Gasteiger partial charge is 0.390 e. The molecule has 108 valence electrons. The van der Waals surface area contributed by atoms with Crippen LogP contribution in [0.25, 0.3) is 0 Å². The van der Waals surface area contributed by atoms with E-state index in [1.165, 1.54) is 6.07 Å². The zero-order valence-corrected chi connectivity index (χ0v) is 13.6. The van der Waals surface area contributed by atoms with Crippen LogP contribution in [0.4, 0.5) is 4.39 Å². The second-order valence-corrected chi connectivity index (χ2v) is 7.20. The van der Waals surface area contributed by atoms with Crippen LogP contribution in [-0.4, -0.2) is 22.8 Å². The molecule has 0 spiro atoms. The summed E-state index contributed by atoms with van der Waals surface area (Å²) in [7, 11) is 0. The Morgan fingerprint density at radius 1 is 1.26 bits per heavy atom. The molecule has 1 rings (SSSR count). The van der Waals surface area contributed by atoms with E-state index in [9.17, 15) is 9.50 Å². The summed E-state index contributed by atoms with van der Waals surface area (Å²) >= 11 is 3.16. The van der Waals surface area contributed by atoms with Crippen molar-refractivity contribution in [3.63, 3.8) is 0 Å². The molecule has 0 saturated carbocycles. The molecule has 19 heavy (non-hydrogen) atoms. The van der Waals surface area contributed by atoms with E-state index in [-0.39, 0.29) is 11.4 Å². The Morgan fingerprint density at radius 3 is 2.42 bits per heavy atom. The van der Waals surface area contributed by atoms with Gasteiger partial charge in [0.2, 0.25) is 0 Å². The lowest BCUT2D eigenvalue weighted by atomic mass is 9.93.